The largest absolute Gasteiger partial charge is 0.354 e. The van der Waals surface area contributed by atoms with Gasteiger partial charge < -0.3 is 10.2 Å². The molecule has 1 unspecified atom stereocenters. The monoisotopic (exact) mass is 433 g/mol. The summed E-state index contributed by atoms with van der Waals surface area (Å²) in [6.07, 6.45) is 3.16. The van der Waals surface area contributed by atoms with Crippen LogP contribution in [0.1, 0.15) is 45.6 Å². The molecular weight excluding hydrogens is 394 g/mol. The van der Waals surface area contributed by atoms with Crippen LogP contribution >= 0.6 is 12.4 Å². The number of hydrogen-bond donors (Lipinski definition) is 1. The van der Waals surface area contributed by atoms with E-state index in [0.717, 1.165) is 38.9 Å². The second-order valence-corrected chi connectivity index (χ2v) is 8.35. The van der Waals surface area contributed by atoms with Crippen LogP contribution in [0.25, 0.3) is 10.8 Å². The molecule has 0 fully saturated rings. The van der Waals surface area contributed by atoms with Gasteiger partial charge in [0, 0.05) is 12.0 Å². The molecule has 2 rings (SSSR count). The number of nitrogens with one attached hydrogen (secondary N) is 1. The highest BCUT2D eigenvalue weighted by atomic mass is 35.5. The highest BCUT2D eigenvalue weighted by molar-refractivity contribution is 5.87. The molecule has 0 aliphatic rings. The fraction of sp³-hybridized carbons (Fsp3) is 0.560. The number of hydrogen-bond acceptors (Lipinski definition) is 3. The van der Waals surface area contributed by atoms with Crippen LogP contribution in [-0.2, 0) is 10.2 Å². The van der Waals surface area contributed by atoms with Crippen molar-refractivity contribution in [3.8, 4) is 0 Å². The van der Waals surface area contributed by atoms with E-state index in [2.05, 4.69) is 92.4 Å². The fourth-order valence-corrected chi connectivity index (χ4v) is 4.24. The lowest BCUT2D eigenvalue weighted by Gasteiger charge is -2.37. The number of likely N-dealkylation sites (N-methyl/N-ethyl adjacent to an activating group) is 1. The summed E-state index contributed by atoms with van der Waals surface area (Å²) < 4.78 is 0. The molecular formula is C25H40ClN3O. The van der Waals surface area contributed by atoms with Crippen molar-refractivity contribution >= 4 is 29.1 Å². The van der Waals surface area contributed by atoms with Crippen LogP contribution < -0.4 is 5.32 Å². The summed E-state index contributed by atoms with van der Waals surface area (Å²) in [5.41, 5.74) is 1.29. The molecule has 0 saturated carbocycles. The summed E-state index contributed by atoms with van der Waals surface area (Å²) in [5.74, 6) is 0.124. The average molecular weight is 434 g/mol. The van der Waals surface area contributed by atoms with Crippen LogP contribution in [0.5, 0.6) is 0 Å². The molecule has 1 amide bonds. The summed E-state index contributed by atoms with van der Waals surface area (Å²) in [4.78, 5) is 17.1. The maximum absolute atomic E-state index is 12.7. The molecule has 2 aromatic carbocycles. The Morgan fingerprint density at radius 2 is 1.63 bits per heavy atom. The van der Waals surface area contributed by atoms with Gasteiger partial charge in [-0.3, -0.25) is 9.69 Å². The first-order valence-electron chi connectivity index (χ1n) is 11.1. The number of carbonyl (C=O) groups excluding carboxylic acids is 1. The Morgan fingerprint density at radius 3 is 2.27 bits per heavy atom. The lowest BCUT2D eigenvalue weighted by atomic mass is 9.72. The van der Waals surface area contributed by atoms with Gasteiger partial charge >= 0.3 is 0 Å². The normalized spacial score (nSPS) is 13.3. The molecule has 0 bridgehead atoms. The maximum Gasteiger partial charge on any atom is 0.234 e. The predicted molar refractivity (Wildman–Crippen MR) is 132 cm³/mol. The molecule has 0 aromatic heterocycles. The van der Waals surface area contributed by atoms with Gasteiger partial charge in [0.1, 0.15) is 0 Å². The Bertz CT molecular complexity index is 771. The van der Waals surface area contributed by atoms with E-state index in [4.69, 9.17) is 0 Å². The number of nitrogens with zero attached hydrogens (tertiary/aromatic N) is 2. The summed E-state index contributed by atoms with van der Waals surface area (Å²) in [6, 6.07) is 15.2. The van der Waals surface area contributed by atoms with E-state index >= 15 is 0 Å². The van der Waals surface area contributed by atoms with Crippen LogP contribution in [0, 0.1) is 0 Å². The summed E-state index contributed by atoms with van der Waals surface area (Å²) in [5, 5.41) is 5.87. The summed E-state index contributed by atoms with van der Waals surface area (Å²) >= 11 is 0. The number of carbonyl (C=O) groups is 1. The number of rotatable bonds is 12. The molecule has 0 aliphatic heterocycles. The molecule has 168 valence electrons. The standard InChI is InChI=1S/C25H39N3O.ClH/c1-6-16-25(17-18-27(4)5,20-26-24(29)19-28(7-2)8-3)23-15-11-13-21-12-9-10-14-22(21)23;/h9-15H,6-8,16-20H2,1-5H3,(H,26,29);1H. The molecule has 1 N–H and O–H groups in total. The second kappa shape index (κ2) is 12.9. The molecule has 30 heavy (non-hydrogen) atoms. The molecule has 0 heterocycles. The van der Waals surface area contributed by atoms with Gasteiger partial charge in [-0.1, -0.05) is 69.7 Å². The van der Waals surface area contributed by atoms with Gasteiger partial charge in [0.25, 0.3) is 0 Å². The van der Waals surface area contributed by atoms with Gasteiger partial charge in [-0.25, -0.2) is 0 Å². The van der Waals surface area contributed by atoms with Crippen molar-refractivity contribution < 1.29 is 4.79 Å². The number of halogens is 1. The van der Waals surface area contributed by atoms with Crippen LogP contribution in [0.3, 0.4) is 0 Å². The maximum atomic E-state index is 12.7. The third-order valence-electron chi connectivity index (χ3n) is 6.01. The third-order valence-corrected chi connectivity index (χ3v) is 6.01. The molecule has 5 heteroatoms. The number of benzene rings is 2. The van der Waals surface area contributed by atoms with Crippen LogP contribution in [-0.4, -0.2) is 62.5 Å². The highest BCUT2D eigenvalue weighted by Gasteiger charge is 2.33. The van der Waals surface area contributed by atoms with Crippen molar-refractivity contribution in [2.75, 3.05) is 46.8 Å². The SMILES string of the molecule is CCCC(CCN(C)C)(CNC(=O)CN(CC)CC)c1cccc2ccccc12.Cl. The quantitative estimate of drug-likeness (QED) is 0.526. The zero-order valence-corrected chi connectivity index (χ0v) is 20.2. The Hall–Kier alpha value is -1.62. The van der Waals surface area contributed by atoms with Crippen molar-refractivity contribution in [2.45, 2.75) is 45.4 Å². The van der Waals surface area contributed by atoms with Crippen molar-refractivity contribution in [3.05, 3.63) is 48.0 Å². The summed E-state index contributed by atoms with van der Waals surface area (Å²) in [7, 11) is 4.25. The molecule has 0 spiro atoms. The van der Waals surface area contributed by atoms with Crippen molar-refractivity contribution in [2.24, 2.45) is 0 Å². The molecule has 2 aromatic rings. The Labute approximate surface area is 189 Å². The molecule has 4 nitrogen and oxygen atoms in total. The first-order chi connectivity index (χ1) is 14.0. The third kappa shape index (κ3) is 6.97. The highest BCUT2D eigenvalue weighted by Crippen LogP contribution is 2.37. The van der Waals surface area contributed by atoms with Gasteiger partial charge in [0.05, 0.1) is 6.54 Å². The molecule has 0 saturated heterocycles. The smallest absolute Gasteiger partial charge is 0.234 e. The first-order valence-corrected chi connectivity index (χ1v) is 11.1. The van der Waals surface area contributed by atoms with Gasteiger partial charge in [-0.2, -0.15) is 0 Å². The van der Waals surface area contributed by atoms with Gasteiger partial charge in [0.15, 0.2) is 0 Å². The minimum absolute atomic E-state index is 0. The molecule has 1 atom stereocenters. The summed E-state index contributed by atoms with van der Waals surface area (Å²) in [6.45, 7) is 10.4. The first kappa shape index (κ1) is 26.4. The van der Waals surface area contributed by atoms with Crippen molar-refractivity contribution in [1.82, 2.24) is 15.1 Å². The van der Waals surface area contributed by atoms with E-state index in [9.17, 15) is 4.79 Å². The zero-order chi connectivity index (χ0) is 21.3. The average Bonchev–Trinajstić information content (AvgIpc) is 2.73. The second-order valence-electron chi connectivity index (χ2n) is 8.35. The minimum atomic E-state index is -0.0706. The van der Waals surface area contributed by atoms with Crippen LogP contribution in [0.4, 0.5) is 0 Å². The minimum Gasteiger partial charge on any atom is -0.354 e. The topological polar surface area (TPSA) is 35.6 Å². The van der Waals surface area contributed by atoms with Gasteiger partial charge in [-0.15, -0.1) is 12.4 Å². The van der Waals surface area contributed by atoms with Crippen molar-refractivity contribution in [1.29, 1.82) is 0 Å². The van der Waals surface area contributed by atoms with Gasteiger partial charge in [-0.05, 0) is 62.9 Å². The lowest BCUT2D eigenvalue weighted by molar-refractivity contribution is -0.122. The van der Waals surface area contributed by atoms with E-state index in [1.54, 1.807) is 0 Å². The molecule has 0 aliphatic carbocycles. The van der Waals surface area contributed by atoms with E-state index < -0.39 is 0 Å². The number of fused-ring (bicyclic) bond motifs is 1. The predicted octanol–water partition coefficient (Wildman–Crippen LogP) is 4.71. The van der Waals surface area contributed by atoms with E-state index in [1.165, 1.54) is 16.3 Å². The molecule has 0 radical (unpaired) electrons. The Kier molecular flexibility index (Phi) is 11.4. The van der Waals surface area contributed by atoms with Crippen LogP contribution in [0.2, 0.25) is 0 Å². The van der Waals surface area contributed by atoms with Crippen molar-refractivity contribution in [3.63, 3.8) is 0 Å². The Balaban J connectivity index is 0.00000450. The van der Waals surface area contributed by atoms with E-state index in [-0.39, 0.29) is 23.7 Å². The van der Waals surface area contributed by atoms with Gasteiger partial charge in [0.2, 0.25) is 5.91 Å². The lowest BCUT2D eigenvalue weighted by Crippen LogP contribution is -2.45. The van der Waals surface area contributed by atoms with Crippen LogP contribution in [0.15, 0.2) is 42.5 Å². The Morgan fingerprint density at radius 1 is 0.967 bits per heavy atom. The van der Waals surface area contributed by atoms with E-state index in [1.807, 2.05) is 0 Å². The fourth-order valence-electron chi connectivity index (χ4n) is 4.24. The van der Waals surface area contributed by atoms with E-state index in [0.29, 0.717) is 13.1 Å². The zero-order valence-electron chi connectivity index (χ0n) is 19.4. The number of amides is 1.